The summed E-state index contributed by atoms with van der Waals surface area (Å²) in [6, 6.07) is 57.2. The first-order valence-electron chi connectivity index (χ1n) is 21.1. The number of benzene rings is 6. The number of rotatable bonds is 24. The summed E-state index contributed by atoms with van der Waals surface area (Å²) in [6.07, 6.45) is 0. The standard InChI is InChI=1S/2C18H16O3P.2C6H16O3P.Ni/c2*1-4-10-16(11-5-1)19-22(20-17-12-6-2-7-13-17)21-18-14-8-3-9-15-18;2*1-4-7-10(8-5-2)9-6-3;/h2*1-15,22H;2*10H,4-6H2,1-3H3;/q4*+1;. The molecule has 17 heteroatoms. The third-order valence-electron chi connectivity index (χ3n) is 7.24. The van der Waals surface area contributed by atoms with Crippen LogP contribution in [0.2, 0.25) is 0 Å². The number of hydrogen-bond acceptors (Lipinski definition) is 12. The van der Waals surface area contributed by atoms with Crippen molar-refractivity contribution < 1.29 is 70.8 Å². The van der Waals surface area contributed by atoms with Crippen LogP contribution in [0, 0.1) is 0 Å². The van der Waals surface area contributed by atoms with Gasteiger partial charge in [0.25, 0.3) is 0 Å². The van der Waals surface area contributed by atoms with E-state index in [1.54, 1.807) is 0 Å². The molecule has 6 aromatic rings. The zero-order chi connectivity index (χ0) is 45.7. The van der Waals surface area contributed by atoms with Gasteiger partial charge in [-0.1, -0.05) is 109 Å². The molecule has 6 aromatic carbocycles. The summed E-state index contributed by atoms with van der Waals surface area (Å²) in [6.45, 7) is 15.6. The summed E-state index contributed by atoms with van der Waals surface area (Å²) in [5, 5.41) is 0. The van der Waals surface area contributed by atoms with E-state index in [1.165, 1.54) is 0 Å². The molecule has 12 nitrogen and oxygen atoms in total. The molecule has 0 unspecified atom stereocenters. The van der Waals surface area contributed by atoms with Crippen LogP contribution in [-0.4, -0.2) is 39.6 Å². The molecule has 0 saturated heterocycles. The molecule has 0 radical (unpaired) electrons. The summed E-state index contributed by atoms with van der Waals surface area (Å²) in [7, 11) is -6.80. The first-order valence-corrected chi connectivity index (χ1v) is 26.0. The molecule has 0 bridgehead atoms. The van der Waals surface area contributed by atoms with Crippen molar-refractivity contribution in [3.63, 3.8) is 0 Å². The smallest absolute Gasteiger partial charge is 0.273 e. The van der Waals surface area contributed by atoms with Gasteiger partial charge in [-0.25, -0.2) is 0 Å². The SMILES string of the molecule is CCO[PH+](OCC)OCC.CCO[PH+](OCC)OCC.[Ni].c1ccc(O[PH+](Oc2ccccc2)Oc2ccccc2)cc1.c1ccc(O[PH+](Oc2ccccc2)Oc2ccccc2)cc1. The third-order valence-corrected chi connectivity index (χ3v) is 12.8. The second-order valence-corrected chi connectivity index (χ2v) is 17.0. The fourth-order valence-corrected chi connectivity index (χ4v) is 8.73. The molecule has 65 heavy (non-hydrogen) atoms. The van der Waals surface area contributed by atoms with Crippen molar-refractivity contribution in [1.82, 2.24) is 0 Å². The van der Waals surface area contributed by atoms with E-state index in [2.05, 4.69) is 0 Å². The molecule has 0 atom stereocenters. The Kier molecular flexibility index (Phi) is 33.7. The summed E-state index contributed by atoms with van der Waals surface area (Å²) in [4.78, 5) is 0. The van der Waals surface area contributed by atoms with Crippen molar-refractivity contribution in [2.24, 2.45) is 0 Å². The van der Waals surface area contributed by atoms with E-state index >= 15 is 0 Å². The van der Waals surface area contributed by atoms with E-state index in [9.17, 15) is 0 Å². The maximum Gasteiger partial charge on any atom is 0.528 e. The van der Waals surface area contributed by atoms with E-state index in [0.717, 1.165) is 34.5 Å². The van der Waals surface area contributed by atoms with Crippen molar-refractivity contribution in [3.8, 4) is 34.5 Å². The molecule has 0 amide bonds. The van der Waals surface area contributed by atoms with Crippen LogP contribution in [0.4, 0.5) is 0 Å². The van der Waals surface area contributed by atoms with Crippen molar-refractivity contribution in [3.05, 3.63) is 182 Å². The minimum absolute atomic E-state index is 0. The van der Waals surface area contributed by atoms with E-state index in [0.29, 0.717) is 39.6 Å². The Hall–Kier alpha value is -3.91. The van der Waals surface area contributed by atoms with E-state index in [4.69, 9.17) is 54.3 Å². The molecule has 0 aliphatic heterocycles. The van der Waals surface area contributed by atoms with Crippen molar-refractivity contribution in [2.75, 3.05) is 39.6 Å². The maximum absolute atomic E-state index is 5.88. The van der Waals surface area contributed by atoms with Gasteiger partial charge in [0.2, 0.25) is 0 Å². The minimum atomic E-state index is -2.00. The predicted molar refractivity (Wildman–Crippen MR) is 265 cm³/mol. The first kappa shape index (κ1) is 57.2. The molecule has 0 aliphatic rings. The summed E-state index contributed by atoms with van der Waals surface area (Å²) in [5.74, 6) is 4.35. The zero-order valence-corrected chi connectivity index (χ0v) is 42.8. The molecule has 0 aromatic heterocycles. The van der Waals surface area contributed by atoms with Crippen LogP contribution in [0.3, 0.4) is 0 Å². The van der Waals surface area contributed by atoms with Gasteiger partial charge in [-0.2, -0.15) is 27.1 Å². The van der Waals surface area contributed by atoms with E-state index in [-0.39, 0.29) is 16.5 Å². The Morgan fingerprint density at radius 2 is 0.369 bits per heavy atom. The Bertz CT molecular complexity index is 1570. The Morgan fingerprint density at radius 3 is 0.492 bits per heavy atom. The van der Waals surface area contributed by atoms with Crippen LogP contribution >= 0.6 is 34.4 Å². The topological polar surface area (TPSA) is 111 Å². The summed E-state index contributed by atoms with van der Waals surface area (Å²) in [5.41, 5.74) is 0. The zero-order valence-electron chi connectivity index (χ0n) is 37.8. The third kappa shape index (κ3) is 27.4. The molecule has 0 fully saturated rings. The largest absolute Gasteiger partial charge is 0.528 e. The van der Waals surface area contributed by atoms with Gasteiger partial charge in [0.15, 0.2) is 34.5 Å². The Labute approximate surface area is 401 Å². The van der Waals surface area contributed by atoms with Gasteiger partial charge in [-0.3, -0.25) is 27.1 Å². The van der Waals surface area contributed by atoms with Gasteiger partial charge in [0.05, 0.1) is 39.6 Å². The van der Waals surface area contributed by atoms with Crippen LogP contribution in [0.25, 0.3) is 0 Å². The van der Waals surface area contributed by atoms with E-state index in [1.807, 2.05) is 224 Å². The normalized spacial score (nSPS) is 10.2. The Morgan fingerprint density at radius 1 is 0.231 bits per heavy atom. The molecule has 0 aliphatic carbocycles. The van der Waals surface area contributed by atoms with Gasteiger partial charge < -0.3 is 0 Å². The molecule has 0 spiro atoms. The van der Waals surface area contributed by atoms with Crippen LogP contribution in [0.15, 0.2) is 182 Å². The monoisotopic (exact) mass is 1010 g/mol. The van der Waals surface area contributed by atoms with Gasteiger partial charge in [-0.05, 0) is 114 Å². The number of hydrogen-bond donors (Lipinski definition) is 0. The average Bonchev–Trinajstić information content (AvgIpc) is 3.32. The molecular weight excluding hydrogens is 951 g/mol. The van der Waals surface area contributed by atoms with E-state index < -0.39 is 34.4 Å². The fourth-order valence-electron chi connectivity index (χ4n) is 4.59. The first-order chi connectivity index (χ1) is 31.5. The molecule has 0 heterocycles. The maximum atomic E-state index is 5.88. The second-order valence-electron chi connectivity index (χ2n) is 12.1. The molecule has 354 valence electrons. The van der Waals surface area contributed by atoms with Gasteiger partial charge in [-0.15, -0.1) is 0 Å². The van der Waals surface area contributed by atoms with Crippen molar-refractivity contribution in [2.45, 2.75) is 41.5 Å². The minimum Gasteiger partial charge on any atom is -0.273 e. The fraction of sp³-hybridized carbons (Fsp3) is 0.250. The van der Waals surface area contributed by atoms with Gasteiger partial charge in [0, 0.05) is 16.5 Å². The Balaban J connectivity index is 0.000000318. The molecule has 0 saturated carbocycles. The van der Waals surface area contributed by atoms with Crippen LogP contribution in [0.5, 0.6) is 34.5 Å². The molecule has 6 rings (SSSR count). The quantitative estimate of drug-likeness (QED) is 0.0425. The van der Waals surface area contributed by atoms with Crippen LogP contribution in [-0.2, 0) is 43.6 Å². The van der Waals surface area contributed by atoms with Crippen LogP contribution in [0.1, 0.15) is 41.5 Å². The van der Waals surface area contributed by atoms with Crippen LogP contribution < -0.4 is 27.1 Å². The molecular formula is C48H64NiO12P4+4. The summed E-state index contributed by atoms with van der Waals surface area (Å²) >= 11 is 0. The van der Waals surface area contributed by atoms with Crippen molar-refractivity contribution >= 4 is 34.4 Å². The van der Waals surface area contributed by atoms with Crippen molar-refractivity contribution in [1.29, 1.82) is 0 Å². The summed E-state index contributed by atoms with van der Waals surface area (Å²) < 4.78 is 66.4. The predicted octanol–water partition coefficient (Wildman–Crippen LogP) is 14.5. The average molecular weight is 1020 g/mol. The molecule has 0 N–H and O–H groups in total. The van der Waals surface area contributed by atoms with Gasteiger partial charge >= 0.3 is 34.4 Å². The second kappa shape index (κ2) is 38.2. The van der Waals surface area contributed by atoms with Gasteiger partial charge in [0.1, 0.15) is 0 Å². The number of para-hydroxylation sites is 6.